The second-order valence-electron chi connectivity index (χ2n) is 14.1. The van der Waals surface area contributed by atoms with Crippen LogP contribution in [-0.2, 0) is 33.8 Å². The number of nitrogens with zero attached hydrogens (tertiary/aromatic N) is 5. The van der Waals surface area contributed by atoms with E-state index in [0.29, 0.717) is 74.1 Å². The molecule has 1 aromatic heterocycles. The predicted molar refractivity (Wildman–Crippen MR) is 192 cm³/mol. The molecule has 3 aromatic rings. The Morgan fingerprint density at radius 3 is 2.33 bits per heavy atom. The first-order chi connectivity index (χ1) is 24.6. The number of likely N-dealkylation sites (tertiary alicyclic amines) is 2. The van der Waals surface area contributed by atoms with E-state index in [1.54, 1.807) is 18.2 Å². The van der Waals surface area contributed by atoms with Gasteiger partial charge in [0.25, 0.3) is 0 Å². The predicted octanol–water partition coefficient (Wildman–Crippen LogP) is 4.59. The summed E-state index contributed by atoms with van der Waals surface area (Å²) in [5, 5.41) is 0. The highest BCUT2D eigenvalue weighted by molar-refractivity contribution is 5.82. The monoisotopic (exact) mass is 706 g/mol. The molecule has 3 saturated heterocycles. The first kappa shape index (κ1) is 37.1. The van der Waals surface area contributed by atoms with E-state index >= 15 is 8.78 Å². The molecule has 276 valence electrons. The van der Waals surface area contributed by atoms with E-state index in [9.17, 15) is 4.79 Å². The summed E-state index contributed by atoms with van der Waals surface area (Å²) in [6.45, 7) is 13.0. The molecule has 0 radical (unpaired) electrons. The van der Waals surface area contributed by atoms with Gasteiger partial charge in [0.1, 0.15) is 18.2 Å². The van der Waals surface area contributed by atoms with Crippen LogP contribution in [0.5, 0.6) is 5.75 Å². The number of benzene rings is 2. The Morgan fingerprint density at radius 2 is 1.69 bits per heavy atom. The van der Waals surface area contributed by atoms with Gasteiger partial charge in [0.05, 0.1) is 24.8 Å². The number of anilines is 1. The summed E-state index contributed by atoms with van der Waals surface area (Å²) >= 11 is 0. The summed E-state index contributed by atoms with van der Waals surface area (Å²) in [5.41, 5.74) is 8.24. The summed E-state index contributed by atoms with van der Waals surface area (Å²) in [6, 6.07) is 18.2. The van der Waals surface area contributed by atoms with E-state index in [2.05, 4.69) is 23.6 Å². The largest absolute Gasteiger partial charge is 0.489 e. The number of amides is 1. The van der Waals surface area contributed by atoms with E-state index < -0.39 is 29.9 Å². The Kier molecular flexibility index (Phi) is 12.2. The van der Waals surface area contributed by atoms with E-state index in [4.69, 9.17) is 24.9 Å². The number of hydrogen-bond donors (Lipinski definition) is 1. The Labute approximate surface area is 300 Å². The van der Waals surface area contributed by atoms with Crippen molar-refractivity contribution in [2.24, 2.45) is 5.73 Å². The Morgan fingerprint density at radius 1 is 0.941 bits per heavy atom. The van der Waals surface area contributed by atoms with E-state index in [0.717, 1.165) is 18.7 Å². The quantitative estimate of drug-likeness (QED) is 0.202. The maximum Gasteiger partial charge on any atom is 0.240 e. The van der Waals surface area contributed by atoms with Crippen LogP contribution < -0.4 is 15.4 Å². The summed E-state index contributed by atoms with van der Waals surface area (Å²) in [4.78, 5) is 27.3. The van der Waals surface area contributed by atoms with Gasteiger partial charge in [-0.15, -0.1) is 0 Å². The zero-order valence-corrected chi connectivity index (χ0v) is 30.2. The van der Waals surface area contributed by atoms with Crippen molar-refractivity contribution in [2.45, 2.75) is 90.2 Å². The minimum atomic E-state index is -1.06. The van der Waals surface area contributed by atoms with Gasteiger partial charge in [-0.2, -0.15) is 0 Å². The maximum atomic E-state index is 15.2. The van der Waals surface area contributed by atoms with Gasteiger partial charge in [-0.05, 0) is 69.9 Å². The fourth-order valence-corrected chi connectivity index (χ4v) is 7.64. The van der Waals surface area contributed by atoms with Gasteiger partial charge in [0, 0.05) is 69.6 Å². The Bertz CT molecular complexity index is 1600. The van der Waals surface area contributed by atoms with Crippen molar-refractivity contribution in [3.63, 3.8) is 0 Å². The molecule has 0 aliphatic carbocycles. The van der Waals surface area contributed by atoms with Crippen molar-refractivity contribution in [1.29, 1.82) is 0 Å². The van der Waals surface area contributed by atoms with Crippen LogP contribution in [0.3, 0.4) is 0 Å². The molecule has 2 N–H and O–H groups in total. The fourth-order valence-electron chi connectivity index (χ4n) is 7.64. The standard InChI is InChI=1S/C39H52F2N6O4/c1-5-49-37(50-6-2)24-45(39(48)36(42)16-28-12-14-33(18-35(28)41)51-25-27-10-8-7-9-11-27)19-29-13-15-34(40)38(43-29)44-20-32(21-44)47-23-30-17-31(47)22-46(30)26(3)4/h7-15,18,26,30-32,36-37H,5-6,16-17,19-25,42H2,1-4H3/t30-,31-,36-/m0/s1. The molecule has 6 rings (SSSR count). The number of halogens is 2. The van der Waals surface area contributed by atoms with Gasteiger partial charge in [-0.25, -0.2) is 13.8 Å². The molecule has 2 aromatic carbocycles. The topological polar surface area (TPSA) is 96.6 Å². The molecule has 4 heterocycles. The van der Waals surface area contributed by atoms with Crippen LogP contribution in [0, 0.1) is 11.6 Å². The zero-order chi connectivity index (χ0) is 36.1. The zero-order valence-electron chi connectivity index (χ0n) is 30.2. The van der Waals surface area contributed by atoms with Gasteiger partial charge in [0.15, 0.2) is 17.9 Å². The molecule has 3 aliphatic heterocycles. The van der Waals surface area contributed by atoms with Crippen LogP contribution in [0.1, 0.15) is 50.9 Å². The number of fused-ring (bicyclic) bond motifs is 2. The summed E-state index contributed by atoms with van der Waals surface area (Å²) in [6.07, 6.45) is 0.472. The number of nitrogens with two attached hydrogens (primary N) is 1. The normalized spacial score (nSPS) is 20.0. The lowest BCUT2D eigenvalue weighted by molar-refractivity contribution is -0.160. The molecule has 3 atom stereocenters. The smallest absolute Gasteiger partial charge is 0.240 e. The molecular weight excluding hydrogens is 654 g/mol. The minimum Gasteiger partial charge on any atom is -0.489 e. The van der Waals surface area contributed by atoms with Crippen LogP contribution in [0.15, 0.2) is 60.7 Å². The molecule has 51 heavy (non-hydrogen) atoms. The van der Waals surface area contributed by atoms with Crippen LogP contribution in [0.2, 0.25) is 0 Å². The molecule has 3 aliphatic rings. The van der Waals surface area contributed by atoms with Crippen molar-refractivity contribution in [3.05, 3.63) is 89.1 Å². The third-order valence-electron chi connectivity index (χ3n) is 10.3. The number of hydrogen-bond acceptors (Lipinski definition) is 9. The van der Waals surface area contributed by atoms with Gasteiger partial charge < -0.3 is 29.7 Å². The molecule has 0 spiro atoms. The average Bonchev–Trinajstić information content (AvgIpc) is 3.71. The number of piperazine rings is 1. The highest BCUT2D eigenvalue weighted by Gasteiger charge is 2.49. The van der Waals surface area contributed by atoms with E-state index in [1.807, 2.05) is 49.1 Å². The number of pyridine rings is 1. The van der Waals surface area contributed by atoms with Gasteiger partial charge in [-0.3, -0.25) is 14.6 Å². The van der Waals surface area contributed by atoms with Gasteiger partial charge in [0.2, 0.25) is 5.91 Å². The lowest BCUT2D eigenvalue weighted by Crippen LogP contribution is -2.64. The molecule has 0 unspecified atom stereocenters. The van der Waals surface area contributed by atoms with Crippen molar-refractivity contribution < 1.29 is 27.8 Å². The average molecular weight is 707 g/mol. The second kappa shape index (κ2) is 16.8. The number of rotatable bonds is 17. The van der Waals surface area contributed by atoms with Crippen molar-refractivity contribution in [3.8, 4) is 5.75 Å². The molecule has 2 bridgehead atoms. The number of carbonyl (C=O) groups excluding carboxylic acids is 1. The third-order valence-corrected chi connectivity index (χ3v) is 10.3. The lowest BCUT2D eigenvalue weighted by Gasteiger charge is -2.49. The van der Waals surface area contributed by atoms with Crippen LogP contribution in [0.25, 0.3) is 0 Å². The molecule has 10 nitrogen and oxygen atoms in total. The van der Waals surface area contributed by atoms with Crippen LogP contribution in [-0.4, -0.2) is 108 Å². The Balaban J connectivity index is 1.11. The van der Waals surface area contributed by atoms with Crippen LogP contribution >= 0.6 is 0 Å². The van der Waals surface area contributed by atoms with Crippen molar-refractivity contribution in [2.75, 3.05) is 50.8 Å². The summed E-state index contributed by atoms with van der Waals surface area (Å²) < 4.78 is 47.7. The Hall–Kier alpha value is -3.68. The number of ether oxygens (including phenoxy) is 3. The lowest BCUT2D eigenvalue weighted by atomic mass is 10.0. The maximum absolute atomic E-state index is 15.2. The SMILES string of the molecule is CCOC(CN(Cc1ccc(F)c(N2CC(N3C[C@@H]4C[C@H]3CN4C(C)C)C2)n1)C(=O)[C@@H](N)Cc1ccc(OCc2ccccc2)cc1F)OCC. The van der Waals surface area contributed by atoms with E-state index in [-0.39, 0.29) is 25.3 Å². The van der Waals surface area contributed by atoms with Gasteiger partial charge >= 0.3 is 0 Å². The first-order valence-corrected chi connectivity index (χ1v) is 18.3. The van der Waals surface area contributed by atoms with Gasteiger partial charge in [-0.1, -0.05) is 36.4 Å². The molecule has 0 saturated carbocycles. The minimum absolute atomic E-state index is 0.0292. The number of carbonyl (C=O) groups is 1. The summed E-state index contributed by atoms with van der Waals surface area (Å²) in [5.74, 6) is -0.645. The molecule has 12 heteroatoms. The first-order valence-electron chi connectivity index (χ1n) is 18.3. The third kappa shape index (κ3) is 8.86. The highest BCUT2D eigenvalue weighted by atomic mass is 19.1. The second-order valence-corrected chi connectivity index (χ2v) is 14.1. The van der Waals surface area contributed by atoms with Crippen molar-refractivity contribution in [1.82, 2.24) is 19.7 Å². The van der Waals surface area contributed by atoms with Crippen molar-refractivity contribution >= 4 is 11.7 Å². The van der Waals surface area contributed by atoms with E-state index in [1.165, 1.54) is 23.5 Å². The fraction of sp³-hybridized carbons (Fsp3) is 0.538. The molecule has 1 amide bonds. The molecular formula is C39H52F2N6O4. The summed E-state index contributed by atoms with van der Waals surface area (Å²) in [7, 11) is 0. The highest BCUT2D eigenvalue weighted by Crippen LogP contribution is 2.36. The molecule has 3 fully saturated rings. The van der Waals surface area contributed by atoms with Crippen LogP contribution in [0.4, 0.5) is 14.6 Å². The number of aromatic nitrogens is 1.